The molecule has 0 aromatic heterocycles. The van der Waals surface area contributed by atoms with Gasteiger partial charge in [-0.05, 0) is 54.3 Å². The van der Waals surface area contributed by atoms with Gasteiger partial charge in [-0.25, -0.2) is 16.8 Å². The lowest BCUT2D eigenvalue weighted by Gasteiger charge is -2.33. The molecule has 1 saturated heterocycles. The Morgan fingerprint density at radius 1 is 0.800 bits per heavy atom. The lowest BCUT2D eigenvalue weighted by Crippen LogP contribution is -2.50. The molecular formula is C21H28N2O5S2. The summed E-state index contributed by atoms with van der Waals surface area (Å²) in [5.41, 5.74) is 1.10. The lowest BCUT2D eigenvalue weighted by molar-refractivity contribution is 0.273. The molecule has 7 nitrogen and oxygen atoms in total. The molecule has 0 aliphatic carbocycles. The average Bonchev–Trinajstić information content (AvgIpc) is 2.78. The highest BCUT2D eigenvalue weighted by Gasteiger charge is 2.33. The van der Waals surface area contributed by atoms with Crippen molar-refractivity contribution in [3.05, 3.63) is 54.1 Å². The highest BCUT2D eigenvalue weighted by atomic mass is 32.2. The van der Waals surface area contributed by atoms with Crippen LogP contribution in [0.25, 0.3) is 0 Å². The molecular weight excluding hydrogens is 424 g/mol. The van der Waals surface area contributed by atoms with Crippen molar-refractivity contribution in [2.24, 2.45) is 0 Å². The number of sulfonamides is 2. The van der Waals surface area contributed by atoms with E-state index in [0.717, 1.165) is 12.0 Å². The van der Waals surface area contributed by atoms with Crippen LogP contribution >= 0.6 is 0 Å². The minimum atomic E-state index is -3.68. The quantitative estimate of drug-likeness (QED) is 0.645. The Kier molecular flexibility index (Phi) is 6.86. The SMILES string of the molecule is CCC(C)c1ccc(S(=O)(=O)N2CCN(S(=O)(=O)c3ccc(OC)cc3)CC2)cc1. The molecule has 0 N–H and O–H groups in total. The van der Waals surface area contributed by atoms with Crippen LogP contribution in [0.1, 0.15) is 31.7 Å². The van der Waals surface area contributed by atoms with Crippen LogP contribution < -0.4 is 4.74 Å². The van der Waals surface area contributed by atoms with Crippen LogP contribution in [0.5, 0.6) is 5.75 Å². The first-order chi connectivity index (χ1) is 14.2. The van der Waals surface area contributed by atoms with Gasteiger partial charge in [-0.3, -0.25) is 0 Å². The van der Waals surface area contributed by atoms with Gasteiger partial charge in [0.1, 0.15) is 5.75 Å². The Labute approximate surface area is 179 Å². The zero-order chi connectivity index (χ0) is 21.9. The van der Waals surface area contributed by atoms with E-state index >= 15 is 0 Å². The van der Waals surface area contributed by atoms with E-state index in [0.29, 0.717) is 11.7 Å². The van der Waals surface area contributed by atoms with E-state index in [2.05, 4.69) is 13.8 Å². The normalized spacial score (nSPS) is 17.6. The first kappa shape index (κ1) is 22.7. The molecule has 1 atom stereocenters. The van der Waals surface area contributed by atoms with Crippen molar-refractivity contribution in [3.63, 3.8) is 0 Å². The maximum atomic E-state index is 13.0. The molecule has 30 heavy (non-hydrogen) atoms. The molecule has 0 bridgehead atoms. The Morgan fingerprint density at radius 3 is 1.57 bits per heavy atom. The second-order valence-corrected chi connectivity index (χ2v) is 11.2. The number of benzene rings is 2. The van der Waals surface area contributed by atoms with E-state index in [1.54, 1.807) is 24.3 Å². The molecule has 0 saturated carbocycles. The van der Waals surface area contributed by atoms with Crippen LogP contribution in [0.3, 0.4) is 0 Å². The van der Waals surface area contributed by atoms with Gasteiger partial charge in [0.15, 0.2) is 0 Å². The predicted molar refractivity (Wildman–Crippen MR) is 116 cm³/mol. The standard InChI is InChI=1S/C21H28N2O5S2/c1-4-17(2)18-5-9-20(10-6-18)29(24,25)22-13-15-23(16-14-22)30(26,27)21-11-7-19(28-3)8-12-21/h5-12,17H,4,13-16H2,1-3H3. The lowest BCUT2D eigenvalue weighted by atomic mass is 9.99. The van der Waals surface area contributed by atoms with Crippen molar-refractivity contribution in [1.82, 2.24) is 8.61 Å². The zero-order valence-corrected chi connectivity index (χ0v) is 19.1. The summed E-state index contributed by atoms with van der Waals surface area (Å²) in [6, 6.07) is 13.2. The predicted octanol–water partition coefficient (Wildman–Crippen LogP) is 2.90. The number of hydrogen-bond acceptors (Lipinski definition) is 5. The fourth-order valence-corrected chi connectivity index (χ4v) is 6.24. The fraction of sp³-hybridized carbons (Fsp3) is 0.429. The molecule has 1 unspecified atom stereocenters. The van der Waals surface area contributed by atoms with Gasteiger partial charge in [0.2, 0.25) is 20.0 Å². The van der Waals surface area contributed by atoms with Crippen molar-refractivity contribution < 1.29 is 21.6 Å². The first-order valence-electron chi connectivity index (χ1n) is 9.94. The van der Waals surface area contributed by atoms with Crippen molar-refractivity contribution in [2.75, 3.05) is 33.3 Å². The average molecular weight is 453 g/mol. The Bertz CT molecular complexity index is 1060. The summed E-state index contributed by atoms with van der Waals surface area (Å²) in [4.78, 5) is 0.404. The minimum Gasteiger partial charge on any atom is -0.497 e. The molecule has 1 aliphatic heterocycles. The largest absolute Gasteiger partial charge is 0.497 e. The molecule has 1 fully saturated rings. The topological polar surface area (TPSA) is 84.0 Å². The number of ether oxygens (including phenoxy) is 1. The van der Waals surface area contributed by atoms with E-state index in [9.17, 15) is 16.8 Å². The van der Waals surface area contributed by atoms with Crippen molar-refractivity contribution in [1.29, 1.82) is 0 Å². The van der Waals surface area contributed by atoms with Gasteiger partial charge in [0.05, 0.1) is 16.9 Å². The number of hydrogen-bond donors (Lipinski definition) is 0. The molecule has 1 aliphatic rings. The summed E-state index contributed by atoms with van der Waals surface area (Å²) in [6.45, 7) is 4.65. The van der Waals surface area contributed by atoms with Gasteiger partial charge in [0.25, 0.3) is 0 Å². The van der Waals surface area contributed by atoms with Crippen molar-refractivity contribution >= 4 is 20.0 Å². The van der Waals surface area contributed by atoms with Crippen LogP contribution in [0.15, 0.2) is 58.3 Å². The summed E-state index contributed by atoms with van der Waals surface area (Å²) in [6.07, 6.45) is 0.983. The number of piperazine rings is 1. The molecule has 3 rings (SSSR count). The Hall–Kier alpha value is -1.94. The molecule has 0 spiro atoms. The fourth-order valence-electron chi connectivity index (χ4n) is 3.40. The van der Waals surface area contributed by atoms with E-state index in [-0.39, 0.29) is 36.0 Å². The van der Waals surface area contributed by atoms with E-state index in [1.165, 1.54) is 27.9 Å². The van der Waals surface area contributed by atoms with Gasteiger partial charge in [-0.1, -0.05) is 26.0 Å². The summed E-state index contributed by atoms with van der Waals surface area (Å²) >= 11 is 0. The molecule has 0 amide bonds. The van der Waals surface area contributed by atoms with Gasteiger partial charge >= 0.3 is 0 Å². The summed E-state index contributed by atoms with van der Waals surface area (Å²) in [7, 11) is -5.83. The van der Waals surface area contributed by atoms with Gasteiger partial charge < -0.3 is 4.74 Å². The second-order valence-electron chi connectivity index (χ2n) is 7.36. The molecule has 9 heteroatoms. The monoisotopic (exact) mass is 452 g/mol. The van der Waals surface area contributed by atoms with E-state index in [1.807, 2.05) is 12.1 Å². The van der Waals surface area contributed by atoms with Gasteiger partial charge in [0, 0.05) is 26.2 Å². The molecule has 164 valence electrons. The second kappa shape index (κ2) is 9.05. The third-order valence-electron chi connectivity index (χ3n) is 5.59. The summed E-state index contributed by atoms with van der Waals surface area (Å²) in [5.74, 6) is 0.942. The number of methoxy groups -OCH3 is 1. The summed E-state index contributed by atoms with van der Waals surface area (Å²) < 4.78 is 59.4. The third-order valence-corrected chi connectivity index (χ3v) is 9.42. The van der Waals surface area contributed by atoms with Crippen molar-refractivity contribution in [2.45, 2.75) is 36.0 Å². The molecule has 0 radical (unpaired) electrons. The highest BCUT2D eigenvalue weighted by molar-refractivity contribution is 7.89. The van der Waals surface area contributed by atoms with Crippen LogP contribution in [-0.4, -0.2) is 58.7 Å². The number of nitrogens with zero attached hydrogens (tertiary/aromatic N) is 2. The van der Waals surface area contributed by atoms with E-state index < -0.39 is 20.0 Å². The number of rotatable bonds is 7. The van der Waals surface area contributed by atoms with Crippen molar-refractivity contribution in [3.8, 4) is 5.75 Å². The molecule has 2 aromatic rings. The smallest absolute Gasteiger partial charge is 0.243 e. The molecule has 1 heterocycles. The van der Waals surface area contributed by atoms with Crippen LogP contribution in [0.2, 0.25) is 0 Å². The zero-order valence-electron chi connectivity index (χ0n) is 17.5. The molecule has 2 aromatic carbocycles. The summed E-state index contributed by atoms with van der Waals surface area (Å²) in [5, 5.41) is 0. The third kappa shape index (κ3) is 4.54. The highest BCUT2D eigenvalue weighted by Crippen LogP contribution is 2.25. The van der Waals surface area contributed by atoms with Crippen LogP contribution in [-0.2, 0) is 20.0 Å². The maximum absolute atomic E-state index is 13.0. The Morgan fingerprint density at radius 2 is 1.20 bits per heavy atom. The van der Waals surface area contributed by atoms with Crippen LogP contribution in [0.4, 0.5) is 0 Å². The minimum absolute atomic E-state index is 0.110. The maximum Gasteiger partial charge on any atom is 0.243 e. The first-order valence-corrected chi connectivity index (χ1v) is 12.8. The Balaban J connectivity index is 1.70. The van der Waals surface area contributed by atoms with E-state index in [4.69, 9.17) is 4.74 Å². The van der Waals surface area contributed by atoms with Crippen LogP contribution in [0, 0.1) is 0 Å². The van der Waals surface area contributed by atoms with Gasteiger partial charge in [-0.2, -0.15) is 8.61 Å². The van der Waals surface area contributed by atoms with Gasteiger partial charge in [-0.15, -0.1) is 0 Å².